The van der Waals surface area contributed by atoms with Crippen molar-refractivity contribution in [2.24, 2.45) is 0 Å². The molecule has 166 valence electrons. The van der Waals surface area contributed by atoms with Crippen LogP contribution in [0.2, 0.25) is 0 Å². The average molecular weight is 432 g/mol. The summed E-state index contributed by atoms with van der Waals surface area (Å²) in [6, 6.07) is 12.3. The number of hydrogen-bond donors (Lipinski definition) is 0. The summed E-state index contributed by atoms with van der Waals surface area (Å²) in [6.07, 6.45) is -4.09. The quantitative estimate of drug-likeness (QED) is 0.671. The molecule has 1 aliphatic rings. The molecule has 4 nitrogen and oxygen atoms in total. The number of benzene rings is 2. The summed E-state index contributed by atoms with van der Waals surface area (Å²) in [7, 11) is 0. The van der Waals surface area contributed by atoms with E-state index in [1.54, 1.807) is 17.0 Å². The fraction of sp³-hybridized carbons (Fsp3) is 0.417. The predicted octanol–water partition coefficient (Wildman–Crippen LogP) is 4.99. The molecule has 0 saturated carbocycles. The minimum atomic E-state index is -4.60. The van der Waals surface area contributed by atoms with Gasteiger partial charge >= 0.3 is 6.18 Å². The van der Waals surface area contributed by atoms with Crippen molar-refractivity contribution in [3.05, 3.63) is 70.8 Å². The molecule has 2 aromatic rings. The maximum Gasteiger partial charge on any atom is 0.417 e. The Balaban J connectivity index is 1.71. The van der Waals surface area contributed by atoms with E-state index in [1.165, 1.54) is 23.1 Å². The molecule has 0 aliphatic carbocycles. The third-order valence-corrected chi connectivity index (χ3v) is 5.53. The molecule has 1 heterocycles. The molecule has 2 aromatic carbocycles. The summed E-state index contributed by atoms with van der Waals surface area (Å²) in [5, 5.41) is 0. The van der Waals surface area contributed by atoms with Gasteiger partial charge in [-0.2, -0.15) is 13.2 Å². The lowest BCUT2D eigenvalue weighted by atomic mass is 9.86. The molecule has 1 aliphatic heterocycles. The highest BCUT2D eigenvalue weighted by molar-refractivity contribution is 5.96. The number of hydrogen-bond acceptors (Lipinski definition) is 2. The van der Waals surface area contributed by atoms with Gasteiger partial charge in [-0.25, -0.2) is 0 Å². The van der Waals surface area contributed by atoms with Crippen LogP contribution in [0.4, 0.5) is 13.2 Å². The second kappa shape index (κ2) is 8.73. The van der Waals surface area contributed by atoms with Gasteiger partial charge in [0.05, 0.1) is 11.1 Å². The Kier molecular flexibility index (Phi) is 6.43. The van der Waals surface area contributed by atoms with Crippen LogP contribution < -0.4 is 0 Å². The van der Waals surface area contributed by atoms with Crippen LogP contribution in [0.1, 0.15) is 59.0 Å². The van der Waals surface area contributed by atoms with Crippen LogP contribution in [0.3, 0.4) is 0 Å². The average Bonchev–Trinajstić information content (AvgIpc) is 2.98. The summed E-state index contributed by atoms with van der Waals surface area (Å²) in [4.78, 5) is 28.8. The molecule has 1 fully saturated rings. The fourth-order valence-electron chi connectivity index (χ4n) is 3.71. The van der Waals surface area contributed by atoms with Gasteiger partial charge in [-0.15, -0.1) is 0 Å². The summed E-state index contributed by atoms with van der Waals surface area (Å²) in [5.74, 6) is -0.790. The molecule has 0 N–H and O–H groups in total. The van der Waals surface area contributed by atoms with Crippen molar-refractivity contribution in [3.8, 4) is 0 Å². The third-order valence-electron chi connectivity index (χ3n) is 5.53. The Hall–Kier alpha value is -2.83. The van der Waals surface area contributed by atoms with E-state index in [0.717, 1.165) is 11.6 Å². The van der Waals surface area contributed by atoms with Crippen molar-refractivity contribution in [2.45, 2.75) is 38.8 Å². The molecular formula is C24H27F3N2O2. The van der Waals surface area contributed by atoms with E-state index in [0.29, 0.717) is 25.1 Å². The summed E-state index contributed by atoms with van der Waals surface area (Å²) in [5.41, 5.74) is 0.386. The van der Waals surface area contributed by atoms with Gasteiger partial charge in [-0.3, -0.25) is 9.59 Å². The standard InChI is InChI=1S/C24H27F3N2O2/c1-23(2,3)18-11-9-17(10-12-18)21(30)28-13-6-14-29(16-15-28)22(31)19-7-4-5-8-20(19)24(25,26)27/h4-5,7-12H,6,13-16H2,1-3H3. The largest absolute Gasteiger partial charge is 0.417 e. The van der Waals surface area contributed by atoms with E-state index in [4.69, 9.17) is 0 Å². The number of halogens is 3. The van der Waals surface area contributed by atoms with Crippen molar-refractivity contribution in [2.75, 3.05) is 26.2 Å². The first kappa shape index (κ1) is 22.8. The highest BCUT2D eigenvalue weighted by atomic mass is 19.4. The van der Waals surface area contributed by atoms with Gasteiger partial charge in [0.15, 0.2) is 0 Å². The summed E-state index contributed by atoms with van der Waals surface area (Å²) >= 11 is 0. The Morgan fingerprint density at radius 2 is 1.32 bits per heavy atom. The van der Waals surface area contributed by atoms with Gasteiger partial charge in [0.1, 0.15) is 0 Å². The maximum atomic E-state index is 13.3. The van der Waals surface area contributed by atoms with Crippen LogP contribution in [0, 0.1) is 0 Å². The first-order chi connectivity index (χ1) is 14.5. The lowest BCUT2D eigenvalue weighted by Gasteiger charge is -2.24. The van der Waals surface area contributed by atoms with Crippen molar-refractivity contribution in [3.63, 3.8) is 0 Å². The number of rotatable bonds is 2. The highest BCUT2D eigenvalue weighted by Gasteiger charge is 2.36. The molecular weight excluding hydrogens is 405 g/mol. The minimum absolute atomic E-state index is 0.0161. The Morgan fingerprint density at radius 3 is 1.87 bits per heavy atom. The zero-order valence-electron chi connectivity index (χ0n) is 18.0. The fourth-order valence-corrected chi connectivity index (χ4v) is 3.71. The molecule has 0 bridgehead atoms. The van der Waals surface area contributed by atoms with Crippen LogP contribution in [0.25, 0.3) is 0 Å². The molecule has 0 atom stereocenters. The molecule has 31 heavy (non-hydrogen) atoms. The first-order valence-corrected chi connectivity index (χ1v) is 10.3. The molecule has 0 radical (unpaired) electrons. The van der Waals surface area contributed by atoms with Crippen LogP contribution >= 0.6 is 0 Å². The zero-order valence-corrected chi connectivity index (χ0v) is 18.0. The molecule has 0 spiro atoms. The number of alkyl halides is 3. The van der Waals surface area contributed by atoms with Gasteiger partial charge in [0.2, 0.25) is 0 Å². The van der Waals surface area contributed by atoms with E-state index in [9.17, 15) is 22.8 Å². The monoisotopic (exact) mass is 432 g/mol. The smallest absolute Gasteiger partial charge is 0.337 e. The van der Waals surface area contributed by atoms with E-state index in [-0.39, 0.29) is 30.0 Å². The van der Waals surface area contributed by atoms with E-state index in [1.807, 2.05) is 12.1 Å². The molecule has 1 saturated heterocycles. The Bertz CT molecular complexity index is 947. The van der Waals surface area contributed by atoms with Gasteiger partial charge in [-0.1, -0.05) is 45.0 Å². The molecule has 2 amide bonds. The normalized spacial score (nSPS) is 15.5. The van der Waals surface area contributed by atoms with Crippen molar-refractivity contribution < 1.29 is 22.8 Å². The molecule has 0 unspecified atom stereocenters. The van der Waals surface area contributed by atoms with Gasteiger partial charge in [-0.05, 0) is 41.7 Å². The van der Waals surface area contributed by atoms with E-state index >= 15 is 0 Å². The van der Waals surface area contributed by atoms with E-state index < -0.39 is 17.6 Å². The topological polar surface area (TPSA) is 40.6 Å². The lowest BCUT2D eigenvalue weighted by Crippen LogP contribution is -2.38. The highest BCUT2D eigenvalue weighted by Crippen LogP contribution is 2.32. The summed E-state index contributed by atoms with van der Waals surface area (Å²) < 4.78 is 39.9. The zero-order chi connectivity index (χ0) is 22.8. The second-order valence-electron chi connectivity index (χ2n) is 8.81. The number of nitrogens with zero attached hydrogens (tertiary/aromatic N) is 2. The molecule has 0 aromatic heterocycles. The second-order valence-corrected chi connectivity index (χ2v) is 8.81. The number of carbonyl (C=O) groups is 2. The van der Waals surface area contributed by atoms with Crippen LogP contribution in [-0.4, -0.2) is 47.8 Å². The lowest BCUT2D eigenvalue weighted by molar-refractivity contribution is -0.138. The molecule has 3 rings (SSSR count). The van der Waals surface area contributed by atoms with Gasteiger partial charge in [0, 0.05) is 31.7 Å². The van der Waals surface area contributed by atoms with Crippen molar-refractivity contribution in [1.29, 1.82) is 0 Å². The first-order valence-electron chi connectivity index (χ1n) is 10.3. The predicted molar refractivity (Wildman–Crippen MR) is 113 cm³/mol. The Labute approximate surface area is 180 Å². The summed E-state index contributed by atoms with van der Waals surface area (Å²) in [6.45, 7) is 7.52. The van der Waals surface area contributed by atoms with Gasteiger partial charge in [0.25, 0.3) is 11.8 Å². The molecule has 7 heteroatoms. The third kappa shape index (κ3) is 5.27. The van der Waals surface area contributed by atoms with E-state index in [2.05, 4.69) is 20.8 Å². The van der Waals surface area contributed by atoms with Crippen LogP contribution in [0.5, 0.6) is 0 Å². The minimum Gasteiger partial charge on any atom is -0.337 e. The van der Waals surface area contributed by atoms with Crippen molar-refractivity contribution in [1.82, 2.24) is 9.80 Å². The SMILES string of the molecule is CC(C)(C)c1ccc(C(=O)N2CCCN(C(=O)c3ccccc3C(F)(F)F)CC2)cc1. The maximum absolute atomic E-state index is 13.3. The van der Waals surface area contributed by atoms with Crippen molar-refractivity contribution >= 4 is 11.8 Å². The van der Waals surface area contributed by atoms with Gasteiger partial charge < -0.3 is 9.80 Å². The number of carbonyl (C=O) groups excluding carboxylic acids is 2. The number of amides is 2. The van der Waals surface area contributed by atoms with Crippen LogP contribution in [-0.2, 0) is 11.6 Å². The Morgan fingerprint density at radius 1 is 0.774 bits per heavy atom. The van der Waals surface area contributed by atoms with Crippen LogP contribution in [0.15, 0.2) is 48.5 Å².